The average Bonchev–Trinajstić information content (AvgIpc) is 3.09. The van der Waals surface area contributed by atoms with Gasteiger partial charge in [-0.1, -0.05) is 6.08 Å². The highest BCUT2D eigenvalue weighted by molar-refractivity contribution is 5.96. The predicted molar refractivity (Wildman–Crippen MR) is 168 cm³/mol. The molecule has 48 heavy (non-hydrogen) atoms. The number of nitrogens with one attached hydrogen (secondary N) is 1. The number of halogens is 2. The number of benzene rings is 2. The number of hydrogen-bond acceptors (Lipinski definition) is 9. The van der Waals surface area contributed by atoms with Crippen molar-refractivity contribution < 1.29 is 37.3 Å². The molecule has 4 heterocycles. The number of ether oxygens (including phenoxy) is 5. The van der Waals surface area contributed by atoms with Gasteiger partial charge in [0.25, 0.3) is 11.5 Å². The Bertz CT molecular complexity index is 2080. The highest BCUT2D eigenvalue weighted by Gasteiger charge is 2.28. The van der Waals surface area contributed by atoms with Crippen molar-refractivity contribution in [3.05, 3.63) is 105 Å². The van der Waals surface area contributed by atoms with Crippen molar-refractivity contribution in [1.29, 1.82) is 0 Å². The molecule has 1 unspecified atom stereocenters. The molecule has 0 radical (unpaired) electrons. The van der Waals surface area contributed by atoms with E-state index in [1.165, 1.54) is 37.5 Å². The zero-order valence-corrected chi connectivity index (χ0v) is 25.7. The molecule has 12 nitrogen and oxygen atoms in total. The van der Waals surface area contributed by atoms with Crippen molar-refractivity contribution in [3.63, 3.8) is 0 Å². The number of allylic oxidation sites excluding steroid dienone is 1. The van der Waals surface area contributed by atoms with E-state index in [2.05, 4.69) is 10.3 Å². The molecule has 248 valence electrons. The van der Waals surface area contributed by atoms with Crippen LogP contribution in [-0.4, -0.2) is 58.6 Å². The van der Waals surface area contributed by atoms with Gasteiger partial charge in [-0.15, -0.1) is 0 Å². The summed E-state index contributed by atoms with van der Waals surface area (Å²) in [6, 6.07) is 7.22. The molecule has 2 aromatic carbocycles. The number of fused-ring (bicyclic) bond motifs is 3. The van der Waals surface area contributed by atoms with Crippen molar-refractivity contribution in [3.8, 4) is 28.7 Å². The molecule has 1 fully saturated rings. The fourth-order valence-corrected chi connectivity index (χ4v) is 5.77. The van der Waals surface area contributed by atoms with Crippen molar-refractivity contribution in [2.24, 2.45) is 7.05 Å². The fourth-order valence-electron chi connectivity index (χ4n) is 5.77. The van der Waals surface area contributed by atoms with Crippen LogP contribution in [-0.2, 0) is 11.8 Å². The molecule has 0 saturated carbocycles. The highest BCUT2D eigenvalue weighted by Crippen LogP contribution is 2.48. The summed E-state index contributed by atoms with van der Waals surface area (Å²) in [7, 11) is 1.38. The quantitative estimate of drug-likeness (QED) is 0.314. The predicted octanol–water partition coefficient (Wildman–Crippen LogP) is 3.87. The summed E-state index contributed by atoms with van der Waals surface area (Å²) in [5.74, 6) is -0.514. The number of pyridine rings is 1. The number of aromatic nitrogens is 3. The third-order valence-electron chi connectivity index (χ3n) is 8.17. The molecular formula is C34H30F2N4O8. The molecule has 3 aliphatic rings. The first-order chi connectivity index (χ1) is 23.3. The summed E-state index contributed by atoms with van der Waals surface area (Å²) in [4.78, 5) is 43.6. The highest BCUT2D eigenvalue weighted by atomic mass is 19.1. The summed E-state index contributed by atoms with van der Waals surface area (Å²) < 4.78 is 60.5. The van der Waals surface area contributed by atoms with Crippen LogP contribution >= 0.6 is 0 Å². The van der Waals surface area contributed by atoms with Gasteiger partial charge in [0, 0.05) is 44.8 Å². The second-order valence-corrected chi connectivity index (χ2v) is 11.4. The van der Waals surface area contributed by atoms with E-state index in [1.54, 1.807) is 12.1 Å². The normalized spacial score (nSPS) is 17.8. The Balaban J connectivity index is 1.11. The zero-order chi connectivity index (χ0) is 33.4. The number of hydrogen-bond donors (Lipinski definition) is 1. The van der Waals surface area contributed by atoms with Gasteiger partial charge in [-0.05, 0) is 36.4 Å². The minimum atomic E-state index is -0.901. The Labute approximate surface area is 271 Å². The Hall–Kier alpha value is -5.50. The van der Waals surface area contributed by atoms with Crippen molar-refractivity contribution in [2.75, 3.05) is 26.4 Å². The number of aryl methyl sites for hydroxylation is 1. The molecule has 0 spiro atoms. The molecule has 1 atom stereocenters. The molecule has 2 aliphatic heterocycles. The van der Waals surface area contributed by atoms with Gasteiger partial charge in [-0.2, -0.15) is 0 Å². The van der Waals surface area contributed by atoms with Gasteiger partial charge >= 0.3 is 5.69 Å². The average molecular weight is 661 g/mol. The SMILES string of the molecule is Cn1cc(C(=O)NC2C=CC(Oc3ccnc4cc(OC5CCOCC5)c5c(c34)OCCO5)=C(F)C2)c(=O)n(-c2ccc(F)cc2)c1=O. The largest absolute Gasteiger partial charge is 0.486 e. The van der Waals surface area contributed by atoms with Crippen LogP contribution in [0.3, 0.4) is 0 Å². The molecule has 2 aromatic heterocycles. The van der Waals surface area contributed by atoms with Gasteiger partial charge < -0.3 is 33.6 Å². The number of rotatable bonds is 7. The molecule has 0 bridgehead atoms. The standard InChI is InChI=1S/C34H30F2N4O8/c1-39-18-23(33(42)40(34(39)43)21-5-2-19(35)3-6-21)32(41)38-20-4-7-26(24(36)16-20)48-27-8-11-37-25-17-28(47-22-9-12-44-13-10-22)30-31(29(25)27)46-15-14-45-30/h2-8,11,17-18,20,22H,9-10,12-16H2,1H3,(H,38,41). The monoisotopic (exact) mass is 660 g/mol. The van der Waals surface area contributed by atoms with Gasteiger partial charge in [0.1, 0.15) is 42.3 Å². The van der Waals surface area contributed by atoms with E-state index in [9.17, 15) is 18.8 Å². The Morgan fingerprint density at radius 2 is 1.75 bits per heavy atom. The van der Waals surface area contributed by atoms with Crippen LogP contribution in [0.15, 0.2) is 82.1 Å². The fraction of sp³-hybridized carbons (Fsp3) is 0.294. The lowest BCUT2D eigenvalue weighted by atomic mass is 10.1. The van der Waals surface area contributed by atoms with E-state index >= 15 is 4.39 Å². The van der Waals surface area contributed by atoms with Crippen LogP contribution in [0.5, 0.6) is 23.0 Å². The Morgan fingerprint density at radius 3 is 2.50 bits per heavy atom. The van der Waals surface area contributed by atoms with Crippen LogP contribution in [0.1, 0.15) is 29.6 Å². The minimum absolute atomic E-state index is 0.0463. The molecular weight excluding hydrogens is 630 g/mol. The van der Waals surface area contributed by atoms with E-state index in [4.69, 9.17) is 23.7 Å². The molecule has 14 heteroatoms. The first-order valence-corrected chi connectivity index (χ1v) is 15.4. The van der Waals surface area contributed by atoms with E-state index in [-0.39, 0.29) is 35.3 Å². The smallest absolute Gasteiger partial charge is 0.335 e. The summed E-state index contributed by atoms with van der Waals surface area (Å²) in [6.45, 7) is 1.84. The van der Waals surface area contributed by atoms with Crippen LogP contribution in [0.2, 0.25) is 0 Å². The number of carbonyl (C=O) groups excluding carboxylic acids is 1. The third kappa shape index (κ3) is 6.01. The van der Waals surface area contributed by atoms with Crippen LogP contribution in [0, 0.1) is 5.82 Å². The molecule has 1 aliphatic carbocycles. The minimum Gasteiger partial charge on any atom is -0.486 e. The van der Waals surface area contributed by atoms with Crippen molar-refractivity contribution >= 4 is 16.8 Å². The molecule has 4 aromatic rings. The molecule has 1 saturated heterocycles. The molecule has 1 amide bonds. The van der Waals surface area contributed by atoms with Crippen LogP contribution < -0.4 is 35.5 Å². The first-order valence-electron chi connectivity index (χ1n) is 15.4. The second-order valence-electron chi connectivity index (χ2n) is 11.4. The molecule has 1 N–H and O–H groups in total. The van der Waals surface area contributed by atoms with E-state index in [0.29, 0.717) is 54.6 Å². The molecule has 7 rings (SSSR count). The number of carbonyl (C=O) groups is 1. The van der Waals surface area contributed by atoms with Gasteiger partial charge in [0.05, 0.1) is 35.8 Å². The van der Waals surface area contributed by atoms with Crippen LogP contribution in [0.4, 0.5) is 8.78 Å². The van der Waals surface area contributed by atoms with E-state index in [0.717, 1.165) is 40.3 Å². The summed E-state index contributed by atoms with van der Waals surface area (Å²) >= 11 is 0. The lowest BCUT2D eigenvalue weighted by Gasteiger charge is -2.27. The van der Waals surface area contributed by atoms with Gasteiger partial charge in [0.15, 0.2) is 17.3 Å². The summed E-state index contributed by atoms with van der Waals surface area (Å²) in [6.07, 6.45) is 6.74. The van der Waals surface area contributed by atoms with Gasteiger partial charge in [0.2, 0.25) is 5.75 Å². The van der Waals surface area contributed by atoms with E-state index in [1.807, 2.05) is 0 Å². The number of nitrogens with zero attached hydrogens (tertiary/aromatic N) is 3. The number of amides is 1. The lowest BCUT2D eigenvalue weighted by molar-refractivity contribution is 0.0234. The summed E-state index contributed by atoms with van der Waals surface area (Å²) in [5.41, 5.74) is -1.37. The zero-order valence-electron chi connectivity index (χ0n) is 25.7. The van der Waals surface area contributed by atoms with E-state index < -0.39 is 34.8 Å². The lowest BCUT2D eigenvalue weighted by Crippen LogP contribution is -2.44. The summed E-state index contributed by atoms with van der Waals surface area (Å²) in [5, 5.41) is 3.11. The Morgan fingerprint density at radius 1 is 1.00 bits per heavy atom. The maximum atomic E-state index is 15.5. The van der Waals surface area contributed by atoms with Crippen molar-refractivity contribution in [2.45, 2.75) is 31.4 Å². The van der Waals surface area contributed by atoms with Gasteiger partial charge in [-0.25, -0.2) is 18.1 Å². The van der Waals surface area contributed by atoms with Gasteiger partial charge in [-0.3, -0.25) is 14.6 Å². The van der Waals surface area contributed by atoms with Crippen LogP contribution in [0.25, 0.3) is 16.6 Å². The maximum absolute atomic E-state index is 15.5. The Kier molecular flexibility index (Phi) is 8.40. The first kappa shape index (κ1) is 31.1. The van der Waals surface area contributed by atoms with Crippen molar-refractivity contribution in [1.82, 2.24) is 19.4 Å². The maximum Gasteiger partial charge on any atom is 0.335 e. The second kappa shape index (κ2) is 13.0. The third-order valence-corrected chi connectivity index (χ3v) is 8.17. The topological polar surface area (TPSA) is 132 Å².